The summed E-state index contributed by atoms with van der Waals surface area (Å²) in [4.78, 5) is 14.0. The lowest BCUT2D eigenvalue weighted by atomic mass is 10.0. The van der Waals surface area contributed by atoms with Gasteiger partial charge in [0.05, 0.1) is 25.4 Å². The summed E-state index contributed by atoms with van der Waals surface area (Å²) in [5, 5.41) is 12.3. The number of morpholine rings is 1. The molecule has 0 spiro atoms. The molecule has 0 aromatic carbocycles. The lowest BCUT2D eigenvalue weighted by Gasteiger charge is -2.35. The van der Waals surface area contributed by atoms with Crippen molar-refractivity contribution in [3.8, 4) is 0 Å². The molecular weight excluding hydrogens is 244 g/mol. The van der Waals surface area contributed by atoms with Gasteiger partial charge in [0, 0.05) is 13.1 Å². The monoisotopic (exact) mass is 264 g/mol. The van der Waals surface area contributed by atoms with Crippen molar-refractivity contribution in [1.82, 2.24) is 10.2 Å². The minimum atomic E-state index is -0.207. The number of piperidine rings is 1. The predicted octanol–water partition coefficient (Wildman–Crippen LogP) is -0.230. The van der Waals surface area contributed by atoms with Gasteiger partial charge in [-0.25, -0.2) is 0 Å². The van der Waals surface area contributed by atoms with Gasteiger partial charge < -0.3 is 20.1 Å². The molecule has 2 atom stereocenters. The highest BCUT2D eigenvalue weighted by Crippen LogP contribution is 2.12. The highest BCUT2D eigenvalue weighted by atomic mass is 35.5. The maximum Gasteiger partial charge on any atom is 0.239 e. The van der Waals surface area contributed by atoms with E-state index in [1.807, 2.05) is 4.90 Å². The van der Waals surface area contributed by atoms with E-state index in [1.54, 1.807) is 0 Å². The molecule has 100 valence electrons. The van der Waals surface area contributed by atoms with Crippen LogP contribution < -0.4 is 5.32 Å². The van der Waals surface area contributed by atoms with Gasteiger partial charge in [-0.2, -0.15) is 0 Å². The van der Waals surface area contributed by atoms with Crippen molar-refractivity contribution in [2.45, 2.75) is 31.4 Å². The van der Waals surface area contributed by atoms with E-state index in [9.17, 15) is 4.79 Å². The van der Waals surface area contributed by atoms with Crippen molar-refractivity contribution < 1.29 is 14.6 Å². The molecule has 6 heteroatoms. The first-order chi connectivity index (χ1) is 7.81. The van der Waals surface area contributed by atoms with E-state index in [4.69, 9.17) is 9.84 Å². The minimum Gasteiger partial charge on any atom is -0.394 e. The highest BCUT2D eigenvalue weighted by Gasteiger charge is 2.29. The van der Waals surface area contributed by atoms with Crippen molar-refractivity contribution in [3.63, 3.8) is 0 Å². The van der Waals surface area contributed by atoms with Crippen molar-refractivity contribution in [2.75, 3.05) is 32.8 Å². The fourth-order valence-corrected chi connectivity index (χ4v) is 2.31. The zero-order valence-corrected chi connectivity index (χ0v) is 10.7. The standard InChI is InChI=1S/C11H20N2O3.ClH/c14-8-9-7-13(5-6-16-9)11(15)10-3-1-2-4-12-10;/h9-10,12,14H,1-8H2;1H. The third-order valence-electron chi connectivity index (χ3n) is 3.26. The number of aliphatic hydroxyl groups is 1. The zero-order valence-electron chi connectivity index (χ0n) is 9.93. The Morgan fingerprint density at radius 3 is 2.94 bits per heavy atom. The second-order valence-corrected chi connectivity index (χ2v) is 4.46. The normalized spacial score (nSPS) is 29.6. The molecule has 0 aliphatic carbocycles. The Bertz CT molecular complexity index is 247. The van der Waals surface area contributed by atoms with Crippen molar-refractivity contribution in [2.24, 2.45) is 0 Å². The number of halogens is 1. The van der Waals surface area contributed by atoms with Crippen LogP contribution in [0.2, 0.25) is 0 Å². The summed E-state index contributed by atoms with van der Waals surface area (Å²) in [7, 11) is 0. The van der Waals surface area contributed by atoms with Gasteiger partial charge in [0.1, 0.15) is 0 Å². The zero-order chi connectivity index (χ0) is 11.4. The maximum absolute atomic E-state index is 12.1. The minimum absolute atomic E-state index is 0. The van der Waals surface area contributed by atoms with Crippen LogP contribution in [0.25, 0.3) is 0 Å². The van der Waals surface area contributed by atoms with Gasteiger partial charge in [-0.05, 0) is 19.4 Å². The maximum atomic E-state index is 12.1. The molecule has 2 heterocycles. The second-order valence-electron chi connectivity index (χ2n) is 4.46. The smallest absolute Gasteiger partial charge is 0.239 e. The van der Waals surface area contributed by atoms with Gasteiger partial charge in [0.25, 0.3) is 0 Å². The fraction of sp³-hybridized carbons (Fsp3) is 0.909. The van der Waals surface area contributed by atoms with Gasteiger partial charge in [0.15, 0.2) is 0 Å². The van der Waals surface area contributed by atoms with Crippen LogP contribution in [-0.2, 0) is 9.53 Å². The Morgan fingerprint density at radius 1 is 1.47 bits per heavy atom. The summed E-state index contributed by atoms with van der Waals surface area (Å²) in [5.41, 5.74) is 0. The Kier molecular flexibility index (Phi) is 6.19. The summed E-state index contributed by atoms with van der Waals surface area (Å²) in [6, 6.07) is -0.0220. The van der Waals surface area contributed by atoms with E-state index in [1.165, 1.54) is 0 Å². The van der Waals surface area contributed by atoms with Crippen molar-refractivity contribution in [1.29, 1.82) is 0 Å². The van der Waals surface area contributed by atoms with Crippen LogP contribution in [0.1, 0.15) is 19.3 Å². The Hall–Kier alpha value is -0.360. The number of aliphatic hydroxyl groups excluding tert-OH is 1. The molecule has 2 aliphatic heterocycles. The third-order valence-corrected chi connectivity index (χ3v) is 3.26. The molecule has 2 aliphatic rings. The number of hydrogen-bond acceptors (Lipinski definition) is 4. The van der Waals surface area contributed by atoms with Crippen molar-refractivity contribution >= 4 is 18.3 Å². The van der Waals surface area contributed by atoms with Crippen LogP contribution in [0.15, 0.2) is 0 Å². The first-order valence-corrected chi connectivity index (χ1v) is 6.06. The molecule has 2 saturated heterocycles. The molecular formula is C11H21ClN2O3. The Balaban J connectivity index is 0.00000144. The molecule has 1 amide bonds. The molecule has 2 unspecified atom stereocenters. The van der Waals surface area contributed by atoms with E-state index < -0.39 is 0 Å². The van der Waals surface area contributed by atoms with Gasteiger partial charge >= 0.3 is 0 Å². The molecule has 0 saturated carbocycles. The lowest BCUT2D eigenvalue weighted by Crippen LogP contribution is -2.54. The fourth-order valence-electron chi connectivity index (χ4n) is 2.31. The van der Waals surface area contributed by atoms with Crippen LogP contribution in [-0.4, -0.2) is 60.9 Å². The molecule has 5 nitrogen and oxygen atoms in total. The first-order valence-electron chi connectivity index (χ1n) is 6.06. The molecule has 0 aromatic heterocycles. The number of rotatable bonds is 2. The molecule has 0 aromatic rings. The summed E-state index contributed by atoms with van der Waals surface area (Å²) in [6.07, 6.45) is 3.00. The number of carbonyl (C=O) groups is 1. The lowest BCUT2D eigenvalue weighted by molar-refractivity contribution is -0.143. The van der Waals surface area contributed by atoms with E-state index in [0.717, 1.165) is 25.8 Å². The first kappa shape index (κ1) is 14.7. The topological polar surface area (TPSA) is 61.8 Å². The molecule has 2 rings (SSSR count). The molecule has 0 bridgehead atoms. The van der Waals surface area contributed by atoms with Crippen LogP contribution in [0.3, 0.4) is 0 Å². The SMILES string of the molecule is Cl.O=C(C1CCCCN1)N1CCOC(CO)C1. The second kappa shape index (κ2) is 7.16. The third kappa shape index (κ3) is 3.81. The number of carbonyl (C=O) groups excluding carboxylic acids is 1. The number of ether oxygens (including phenoxy) is 1. The number of nitrogens with zero attached hydrogens (tertiary/aromatic N) is 1. The van der Waals surface area contributed by atoms with Crippen LogP contribution in [0.4, 0.5) is 0 Å². The van der Waals surface area contributed by atoms with Gasteiger partial charge in [-0.1, -0.05) is 6.42 Å². The average Bonchev–Trinajstić information content (AvgIpc) is 2.39. The Labute approximate surface area is 108 Å². The summed E-state index contributed by atoms with van der Waals surface area (Å²) >= 11 is 0. The molecule has 2 fully saturated rings. The van der Waals surface area contributed by atoms with Crippen LogP contribution in [0, 0.1) is 0 Å². The van der Waals surface area contributed by atoms with Gasteiger partial charge in [-0.3, -0.25) is 4.79 Å². The Morgan fingerprint density at radius 2 is 2.29 bits per heavy atom. The van der Waals surface area contributed by atoms with Crippen molar-refractivity contribution in [3.05, 3.63) is 0 Å². The van der Waals surface area contributed by atoms with E-state index >= 15 is 0 Å². The molecule has 0 radical (unpaired) electrons. The number of hydrogen-bond donors (Lipinski definition) is 2. The predicted molar refractivity (Wildman–Crippen MR) is 66.3 cm³/mol. The van der Waals surface area contributed by atoms with Gasteiger partial charge in [0.2, 0.25) is 5.91 Å². The largest absolute Gasteiger partial charge is 0.394 e. The number of amides is 1. The molecule has 2 N–H and O–H groups in total. The van der Waals surface area contributed by atoms with Crippen LogP contribution in [0.5, 0.6) is 0 Å². The average molecular weight is 265 g/mol. The number of nitrogens with one attached hydrogen (secondary N) is 1. The van der Waals surface area contributed by atoms with E-state index in [2.05, 4.69) is 5.32 Å². The summed E-state index contributed by atoms with van der Waals surface area (Å²) in [6.45, 7) is 2.62. The highest BCUT2D eigenvalue weighted by molar-refractivity contribution is 5.85. The summed E-state index contributed by atoms with van der Waals surface area (Å²) in [5.74, 6) is 0.168. The van der Waals surface area contributed by atoms with Gasteiger partial charge in [-0.15, -0.1) is 12.4 Å². The van der Waals surface area contributed by atoms with E-state index in [0.29, 0.717) is 19.7 Å². The van der Waals surface area contributed by atoms with E-state index in [-0.39, 0.29) is 37.1 Å². The quantitative estimate of drug-likeness (QED) is 0.723. The summed E-state index contributed by atoms with van der Waals surface area (Å²) < 4.78 is 5.33. The van der Waals surface area contributed by atoms with Crippen LogP contribution >= 0.6 is 12.4 Å². The molecule has 17 heavy (non-hydrogen) atoms.